The molecule has 2 fully saturated rings. The van der Waals surface area contributed by atoms with Gasteiger partial charge in [-0.15, -0.1) is 0 Å². The summed E-state index contributed by atoms with van der Waals surface area (Å²) >= 11 is 0. The van der Waals surface area contributed by atoms with Gasteiger partial charge in [-0.3, -0.25) is 9.78 Å². The number of likely N-dealkylation sites (N-methyl/N-ethyl adjacent to an activating group) is 2. The minimum absolute atomic E-state index is 0.106. The zero-order valence-corrected chi connectivity index (χ0v) is 20.2. The number of piperazine rings is 1. The maximum atomic E-state index is 13.6. The zero-order chi connectivity index (χ0) is 23.5. The molecule has 5 rings (SSSR count). The van der Waals surface area contributed by atoms with Gasteiger partial charge in [0.2, 0.25) is 0 Å². The van der Waals surface area contributed by atoms with Gasteiger partial charge in [-0.05, 0) is 50.2 Å². The zero-order valence-electron chi connectivity index (χ0n) is 20.2. The molecule has 2 aliphatic heterocycles. The number of para-hydroxylation sites is 1. The van der Waals surface area contributed by atoms with Crippen molar-refractivity contribution in [3.8, 4) is 0 Å². The highest BCUT2D eigenvalue weighted by Gasteiger charge is 2.26. The number of carbonyl (C=O) groups is 1. The Labute approximate surface area is 202 Å². The summed E-state index contributed by atoms with van der Waals surface area (Å²) in [4.78, 5) is 31.8. The van der Waals surface area contributed by atoms with Gasteiger partial charge in [0.25, 0.3) is 5.91 Å². The van der Waals surface area contributed by atoms with Crippen LogP contribution in [0.5, 0.6) is 0 Å². The van der Waals surface area contributed by atoms with Gasteiger partial charge >= 0.3 is 0 Å². The fourth-order valence-corrected chi connectivity index (χ4v) is 5.18. The van der Waals surface area contributed by atoms with Gasteiger partial charge in [-0.25, -0.2) is 4.98 Å². The van der Waals surface area contributed by atoms with Gasteiger partial charge in [0.05, 0.1) is 5.52 Å². The van der Waals surface area contributed by atoms with Crippen LogP contribution in [0.1, 0.15) is 15.9 Å². The van der Waals surface area contributed by atoms with Gasteiger partial charge in [0.1, 0.15) is 5.82 Å². The summed E-state index contributed by atoms with van der Waals surface area (Å²) in [6.45, 7) is 7.26. The van der Waals surface area contributed by atoms with Crippen molar-refractivity contribution >= 4 is 22.6 Å². The average molecular weight is 459 g/mol. The van der Waals surface area contributed by atoms with E-state index in [4.69, 9.17) is 0 Å². The first-order valence-corrected chi connectivity index (χ1v) is 12.3. The molecule has 0 N–H and O–H groups in total. The molecule has 0 spiro atoms. The van der Waals surface area contributed by atoms with Crippen molar-refractivity contribution in [3.63, 3.8) is 0 Å². The molecule has 0 bridgehead atoms. The number of hydrogen-bond donors (Lipinski definition) is 0. The van der Waals surface area contributed by atoms with E-state index in [1.165, 1.54) is 10.9 Å². The highest BCUT2D eigenvalue weighted by Crippen LogP contribution is 2.23. The van der Waals surface area contributed by atoms with Gasteiger partial charge in [0, 0.05) is 75.7 Å². The summed E-state index contributed by atoms with van der Waals surface area (Å²) in [5.74, 6) is 1.36. The predicted molar refractivity (Wildman–Crippen MR) is 136 cm³/mol. The van der Waals surface area contributed by atoms with Crippen LogP contribution in [-0.4, -0.2) is 97.0 Å². The highest BCUT2D eigenvalue weighted by atomic mass is 16.2. The first-order chi connectivity index (χ1) is 16.6. The molecule has 0 unspecified atom stereocenters. The number of aromatic nitrogens is 2. The molecule has 1 amide bonds. The average Bonchev–Trinajstić information content (AvgIpc) is 3.05. The highest BCUT2D eigenvalue weighted by molar-refractivity contribution is 5.95. The van der Waals surface area contributed by atoms with Crippen LogP contribution in [0.3, 0.4) is 0 Å². The van der Waals surface area contributed by atoms with Crippen LogP contribution in [0.4, 0.5) is 5.82 Å². The first kappa shape index (κ1) is 22.7. The fourth-order valence-electron chi connectivity index (χ4n) is 5.18. The Hall–Kier alpha value is -3.03. The summed E-state index contributed by atoms with van der Waals surface area (Å²) in [6.07, 6.45) is 4.55. The number of carbonyl (C=O) groups excluding carboxylic acids is 1. The van der Waals surface area contributed by atoms with Crippen molar-refractivity contribution in [2.45, 2.75) is 6.42 Å². The van der Waals surface area contributed by atoms with Crippen molar-refractivity contribution in [2.24, 2.45) is 5.92 Å². The van der Waals surface area contributed by atoms with E-state index < -0.39 is 0 Å². The molecule has 7 heteroatoms. The van der Waals surface area contributed by atoms with E-state index in [0.717, 1.165) is 75.7 Å². The maximum Gasteiger partial charge on any atom is 0.254 e. The Balaban J connectivity index is 1.33. The molecule has 34 heavy (non-hydrogen) atoms. The number of nitrogens with zero attached hydrogens (tertiary/aromatic N) is 6. The molecule has 2 aliphatic rings. The van der Waals surface area contributed by atoms with Gasteiger partial charge in [-0.1, -0.05) is 24.3 Å². The van der Waals surface area contributed by atoms with Crippen LogP contribution in [0.15, 0.2) is 54.9 Å². The van der Waals surface area contributed by atoms with E-state index >= 15 is 0 Å². The predicted octanol–water partition coefficient (Wildman–Crippen LogP) is 2.63. The standard InChI is InChI=1S/C27H34N6O/c1-30-11-14-32(15-12-30)25-18-24(8-10-28-25)27(34)33-16-13-31(2)19-21(20-33)17-23-6-3-5-22-7-4-9-29-26(22)23/h3-10,18,21H,11-17,19-20H2,1-2H3/t21-/m1/s1. The number of fused-ring (bicyclic) bond motifs is 1. The molecule has 0 saturated carbocycles. The second-order valence-corrected chi connectivity index (χ2v) is 9.77. The molecule has 1 atom stereocenters. The van der Waals surface area contributed by atoms with E-state index in [-0.39, 0.29) is 5.91 Å². The normalized spacial score (nSPS) is 20.5. The molecule has 2 saturated heterocycles. The second kappa shape index (κ2) is 10.1. The maximum absolute atomic E-state index is 13.6. The molecule has 0 aliphatic carbocycles. The number of amides is 1. The quantitative estimate of drug-likeness (QED) is 0.599. The smallest absolute Gasteiger partial charge is 0.254 e. The molecule has 3 aromatic rings. The molecule has 4 heterocycles. The van der Waals surface area contributed by atoms with E-state index in [1.54, 1.807) is 6.20 Å². The second-order valence-electron chi connectivity index (χ2n) is 9.77. The molecular formula is C27H34N6O. The Kier molecular flexibility index (Phi) is 6.74. The lowest BCUT2D eigenvalue weighted by atomic mass is 9.96. The van der Waals surface area contributed by atoms with Crippen molar-refractivity contribution in [1.82, 2.24) is 24.7 Å². The molecule has 178 valence electrons. The Morgan fingerprint density at radius 1 is 0.882 bits per heavy atom. The Morgan fingerprint density at radius 2 is 1.68 bits per heavy atom. The van der Waals surface area contributed by atoms with E-state index in [9.17, 15) is 4.79 Å². The van der Waals surface area contributed by atoms with E-state index in [2.05, 4.69) is 63.0 Å². The minimum atomic E-state index is 0.106. The van der Waals surface area contributed by atoms with Crippen LogP contribution < -0.4 is 4.90 Å². The number of rotatable bonds is 4. The van der Waals surface area contributed by atoms with Crippen molar-refractivity contribution in [3.05, 3.63) is 66.0 Å². The third kappa shape index (κ3) is 5.05. The largest absolute Gasteiger partial charge is 0.354 e. The van der Waals surface area contributed by atoms with E-state index in [0.29, 0.717) is 5.92 Å². The molecular weight excluding hydrogens is 424 g/mol. The lowest BCUT2D eigenvalue weighted by Crippen LogP contribution is -2.45. The minimum Gasteiger partial charge on any atom is -0.354 e. The van der Waals surface area contributed by atoms with Crippen molar-refractivity contribution in [1.29, 1.82) is 0 Å². The summed E-state index contributed by atoms with van der Waals surface area (Å²) in [5, 5.41) is 1.17. The lowest BCUT2D eigenvalue weighted by molar-refractivity contribution is 0.0746. The molecule has 2 aromatic heterocycles. The lowest BCUT2D eigenvalue weighted by Gasteiger charge is -2.33. The molecule has 0 radical (unpaired) electrons. The topological polar surface area (TPSA) is 55.8 Å². The Morgan fingerprint density at radius 3 is 2.53 bits per heavy atom. The van der Waals surface area contributed by atoms with Crippen LogP contribution in [0.25, 0.3) is 10.9 Å². The van der Waals surface area contributed by atoms with Gasteiger partial charge < -0.3 is 19.6 Å². The van der Waals surface area contributed by atoms with Crippen molar-refractivity contribution < 1.29 is 4.79 Å². The first-order valence-electron chi connectivity index (χ1n) is 12.3. The monoisotopic (exact) mass is 458 g/mol. The van der Waals surface area contributed by atoms with E-state index in [1.807, 2.05) is 29.3 Å². The third-order valence-electron chi connectivity index (χ3n) is 7.13. The number of benzene rings is 1. The summed E-state index contributed by atoms with van der Waals surface area (Å²) < 4.78 is 0. The SMILES string of the molecule is CN1CCN(c2cc(C(=O)N3CCN(C)C[C@@H](Cc4cccc5cccnc45)C3)ccn2)CC1. The third-order valence-corrected chi connectivity index (χ3v) is 7.13. The van der Waals surface area contributed by atoms with Crippen LogP contribution in [0, 0.1) is 5.92 Å². The van der Waals surface area contributed by atoms with Crippen molar-refractivity contribution in [2.75, 3.05) is 71.4 Å². The number of anilines is 1. The van der Waals surface area contributed by atoms with Gasteiger partial charge in [-0.2, -0.15) is 0 Å². The van der Waals surface area contributed by atoms with Crippen LogP contribution in [0.2, 0.25) is 0 Å². The summed E-state index contributed by atoms with van der Waals surface area (Å²) in [5.41, 5.74) is 3.06. The Bertz CT molecular complexity index is 1140. The summed E-state index contributed by atoms with van der Waals surface area (Å²) in [6, 6.07) is 14.3. The van der Waals surface area contributed by atoms with Crippen LogP contribution >= 0.6 is 0 Å². The molecule has 7 nitrogen and oxygen atoms in total. The van der Waals surface area contributed by atoms with Gasteiger partial charge in [0.15, 0.2) is 0 Å². The molecule has 1 aromatic carbocycles. The number of hydrogen-bond acceptors (Lipinski definition) is 6. The summed E-state index contributed by atoms with van der Waals surface area (Å²) in [7, 11) is 4.30. The number of pyridine rings is 2. The fraction of sp³-hybridized carbons (Fsp3) is 0.444. The van der Waals surface area contributed by atoms with Crippen LogP contribution in [-0.2, 0) is 6.42 Å².